The minimum absolute atomic E-state index is 0.00276. The monoisotopic (exact) mass is 496 g/mol. The highest BCUT2D eigenvalue weighted by Gasteiger charge is 2.50. The van der Waals surface area contributed by atoms with Crippen molar-refractivity contribution >= 4 is 22.1 Å². The lowest BCUT2D eigenvalue weighted by atomic mass is 9.80. The lowest BCUT2D eigenvalue weighted by Crippen LogP contribution is -2.63. The maximum Gasteiger partial charge on any atom is 0.418 e. The van der Waals surface area contributed by atoms with Crippen LogP contribution in [0.4, 0.5) is 9.59 Å². The van der Waals surface area contributed by atoms with Crippen molar-refractivity contribution in [2.24, 2.45) is 5.92 Å². The summed E-state index contributed by atoms with van der Waals surface area (Å²) in [6.07, 6.45) is 5.90. The van der Waals surface area contributed by atoms with Crippen LogP contribution in [0.15, 0.2) is 72.1 Å². The molecular weight excluding hydrogens is 464 g/mol. The van der Waals surface area contributed by atoms with Crippen molar-refractivity contribution in [3.8, 4) is 0 Å². The van der Waals surface area contributed by atoms with Gasteiger partial charge in [-0.3, -0.25) is 0 Å². The molecule has 2 aromatic rings. The number of sulfonamides is 1. The third-order valence-electron chi connectivity index (χ3n) is 6.96. The summed E-state index contributed by atoms with van der Waals surface area (Å²) in [7, 11) is -4.21. The lowest BCUT2D eigenvalue weighted by molar-refractivity contribution is 0.0476. The number of hydrogen-bond donors (Lipinski definition) is 0. The topological polar surface area (TPSA) is 84.0 Å². The van der Waals surface area contributed by atoms with Gasteiger partial charge in [0.25, 0.3) is 10.0 Å². The standard InChI is InChI=1S/C27H32N2O5S/c1-3-23-18-25(22-12-8-5-9-13-22)28(27(31)34-19-21-10-6-4-7-11-21)26(30)29(23)35(32,33)24-16-14-20(2)15-17-24/h3-4,6-7,10-11,14-17,22-23,25H,1,5,8-9,12-13,18-19H2,2H3/t23-,25+/m1/s1. The van der Waals surface area contributed by atoms with E-state index in [4.69, 9.17) is 4.74 Å². The van der Waals surface area contributed by atoms with Crippen LogP contribution in [0.3, 0.4) is 0 Å². The molecule has 0 aromatic heterocycles. The molecule has 2 atom stereocenters. The minimum Gasteiger partial charge on any atom is -0.444 e. The van der Waals surface area contributed by atoms with E-state index in [0.29, 0.717) is 6.42 Å². The molecular formula is C27H32N2O5S. The smallest absolute Gasteiger partial charge is 0.418 e. The number of imide groups is 1. The Hall–Kier alpha value is -3.13. The molecule has 1 saturated carbocycles. The van der Waals surface area contributed by atoms with E-state index in [-0.39, 0.29) is 17.4 Å². The first-order valence-electron chi connectivity index (χ1n) is 12.1. The Labute approximate surface area is 207 Å². The molecule has 1 aliphatic heterocycles. The summed E-state index contributed by atoms with van der Waals surface area (Å²) in [5, 5.41) is 0. The molecule has 3 amide bonds. The SMILES string of the molecule is C=C[C@@H]1C[C@@H](C2CCCCC2)N(C(=O)OCc2ccccc2)C(=O)N1S(=O)(=O)c1ccc(C)cc1. The van der Waals surface area contributed by atoms with E-state index in [9.17, 15) is 18.0 Å². The van der Waals surface area contributed by atoms with Crippen LogP contribution in [0, 0.1) is 12.8 Å². The zero-order valence-electron chi connectivity index (χ0n) is 20.0. The maximum absolute atomic E-state index is 13.8. The minimum atomic E-state index is -4.21. The first-order chi connectivity index (χ1) is 16.8. The van der Waals surface area contributed by atoms with Gasteiger partial charge >= 0.3 is 12.1 Å². The number of carbonyl (C=O) groups is 2. The number of urea groups is 1. The van der Waals surface area contributed by atoms with E-state index in [1.165, 1.54) is 18.2 Å². The van der Waals surface area contributed by atoms with Gasteiger partial charge < -0.3 is 4.74 Å². The molecule has 186 valence electrons. The molecule has 1 saturated heterocycles. The van der Waals surface area contributed by atoms with Gasteiger partial charge in [0.05, 0.1) is 17.0 Å². The predicted molar refractivity (Wildman–Crippen MR) is 133 cm³/mol. The molecule has 0 spiro atoms. The fraction of sp³-hybridized carbons (Fsp3) is 0.407. The Morgan fingerprint density at radius 3 is 2.34 bits per heavy atom. The van der Waals surface area contributed by atoms with Gasteiger partial charge in [0, 0.05) is 0 Å². The fourth-order valence-corrected chi connectivity index (χ4v) is 6.59. The second kappa shape index (κ2) is 10.6. The molecule has 0 N–H and O–H groups in total. The Morgan fingerprint density at radius 1 is 1.06 bits per heavy atom. The summed E-state index contributed by atoms with van der Waals surface area (Å²) in [4.78, 5) is 28.2. The zero-order valence-corrected chi connectivity index (χ0v) is 20.8. The Balaban J connectivity index is 1.67. The van der Waals surface area contributed by atoms with Crippen LogP contribution in [-0.4, -0.2) is 41.8 Å². The molecule has 0 bridgehead atoms. The number of aryl methyl sites for hydroxylation is 1. The number of carbonyl (C=O) groups excluding carboxylic acids is 2. The fourth-order valence-electron chi connectivity index (χ4n) is 5.06. The van der Waals surface area contributed by atoms with E-state index in [0.717, 1.165) is 52.4 Å². The Bertz CT molecular complexity index is 1160. The molecule has 1 aliphatic carbocycles. The van der Waals surface area contributed by atoms with Gasteiger partial charge in [-0.2, -0.15) is 0 Å². The number of benzene rings is 2. The van der Waals surface area contributed by atoms with Crippen molar-refractivity contribution in [1.29, 1.82) is 0 Å². The van der Waals surface area contributed by atoms with Crippen molar-refractivity contribution < 1.29 is 22.7 Å². The lowest BCUT2D eigenvalue weighted by Gasteiger charge is -2.46. The number of nitrogens with zero attached hydrogens (tertiary/aromatic N) is 2. The third-order valence-corrected chi connectivity index (χ3v) is 8.77. The van der Waals surface area contributed by atoms with Crippen molar-refractivity contribution in [3.63, 3.8) is 0 Å². The average molecular weight is 497 g/mol. The normalized spacial score (nSPS) is 21.6. The third kappa shape index (κ3) is 5.27. The molecule has 35 heavy (non-hydrogen) atoms. The second-order valence-corrected chi connectivity index (χ2v) is 11.1. The summed E-state index contributed by atoms with van der Waals surface area (Å²) in [5.74, 6) is 0.101. The maximum atomic E-state index is 13.8. The van der Waals surface area contributed by atoms with Gasteiger partial charge in [-0.05, 0) is 49.8 Å². The van der Waals surface area contributed by atoms with Gasteiger partial charge in [-0.15, -0.1) is 6.58 Å². The van der Waals surface area contributed by atoms with Crippen LogP contribution < -0.4 is 0 Å². The van der Waals surface area contributed by atoms with Crippen LogP contribution in [-0.2, 0) is 21.4 Å². The quantitative estimate of drug-likeness (QED) is 0.483. The average Bonchev–Trinajstić information content (AvgIpc) is 2.87. The van der Waals surface area contributed by atoms with Crippen LogP contribution in [0.5, 0.6) is 0 Å². The molecule has 2 fully saturated rings. The van der Waals surface area contributed by atoms with Crippen LogP contribution in [0.1, 0.15) is 49.7 Å². The van der Waals surface area contributed by atoms with Gasteiger partial charge in [-0.25, -0.2) is 27.2 Å². The summed E-state index contributed by atoms with van der Waals surface area (Å²) < 4.78 is 33.5. The first-order valence-corrected chi connectivity index (χ1v) is 13.5. The van der Waals surface area contributed by atoms with Crippen LogP contribution in [0.2, 0.25) is 0 Å². The van der Waals surface area contributed by atoms with Gasteiger partial charge in [0.2, 0.25) is 0 Å². The first kappa shape index (κ1) is 25.0. The zero-order chi connectivity index (χ0) is 25.0. The molecule has 2 aliphatic rings. The van der Waals surface area contributed by atoms with Crippen molar-refractivity contribution in [2.75, 3.05) is 0 Å². The predicted octanol–water partition coefficient (Wildman–Crippen LogP) is 5.65. The highest BCUT2D eigenvalue weighted by atomic mass is 32.2. The molecule has 7 nitrogen and oxygen atoms in total. The van der Waals surface area contributed by atoms with Gasteiger partial charge in [0.15, 0.2) is 0 Å². The van der Waals surface area contributed by atoms with Gasteiger partial charge in [-0.1, -0.05) is 73.4 Å². The number of amides is 3. The highest BCUT2D eigenvalue weighted by Crippen LogP contribution is 2.38. The van der Waals surface area contributed by atoms with Crippen molar-refractivity contribution in [3.05, 3.63) is 78.4 Å². The largest absolute Gasteiger partial charge is 0.444 e. The molecule has 4 rings (SSSR count). The second-order valence-electron chi connectivity index (χ2n) is 9.31. The number of rotatable bonds is 6. The van der Waals surface area contributed by atoms with E-state index >= 15 is 0 Å². The van der Waals surface area contributed by atoms with Crippen LogP contribution in [0.25, 0.3) is 0 Å². The number of hydrogen-bond acceptors (Lipinski definition) is 5. The van der Waals surface area contributed by atoms with E-state index in [1.807, 2.05) is 37.3 Å². The summed E-state index contributed by atoms with van der Waals surface area (Å²) in [6.45, 7) is 5.67. The summed E-state index contributed by atoms with van der Waals surface area (Å²) >= 11 is 0. The van der Waals surface area contributed by atoms with E-state index in [1.54, 1.807) is 12.1 Å². The van der Waals surface area contributed by atoms with Gasteiger partial charge in [0.1, 0.15) is 6.61 Å². The van der Waals surface area contributed by atoms with E-state index in [2.05, 4.69) is 6.58 Å². The van der Waals surface area contributed by atoms with Crippen molar-refractivity contribution in [1.82, 2.24) is 9.21 Å². The molecule has 0 unspecified atom stereocenters. The summed E-state index contributed by atoms with van der Waals surface area (Å²) in [5.41, 5.74) is 1.69. The van der Waals surface area contributed by atoms with E-state index < -0.39 is 34.2 Å². The Morgan fingerprint density at radius 2 is 1.71 bits per heavy atom. The van der Waals surface area contributed by atoms with Crippen molar-refractivity contribution in [2.45, 2.75) is 69.0 Å². The Kier molecular flexibility index (Phi) is 7.60. The summed E-state index contributed by atoms with van der Waals surface area (Å²) in [6, 6.07) is 13.4. The molecule has 2 aromatic carbocycles. The number of ether oxygens (including phenoxy) is 1. The molecule has 0 radical (unpaired) electrons. The highest BCUT2D eigenvalue weighted by molar-refractivity contribution is 7.89. The van der Waals surface area contributed by atoms with Crippen LogP contribution >= 0.6 is 0 Å². The molecule has 1 heterocycles. The molecule has 8 heteroatoms.